The van der Waals surface area contributed by atoms with Crippen LogP contribution >= 0.6 is 22.9 Å². The van der Waals surface area contributed by atoms with Crippen LogP contribution in [-0.4, -0.2) is 22.4 Å². The molecular formula is C12H13ClN4OS. The summed E-state index contributed by atoms with van der Waals surface area (Å²) in [5, 5.41) is 5.94. The van der Waals surface area contributed by atoms with Crippen LogP contribution in [0.5, 0.6) is 0 Å². The van der Waals surface area contributed by atoms with Crippen LogP contribution in [0.1, 0.15) is 28.2 Å². The SMILES string of the molecule is CC(CNC(=O)c1cc(N)nc(Cl)c1)c1nccs1. The number of aromatic nitrogens is 2. The number of rotatable bonds is 4. The number of nitrogen functional groups attached to an aromatic ring is 1. The first-order valence-corrected chi connectivity index (χ1v) is 6.92. The van der Waals surface area contributed by atoms with Crippen molar-refractivity contribution in [3.8, 4) is 0 Å². The van der Waals surface area contributed by atoms with Crippen molar-refractivity contribution in [2.45, 2.75) is 12.8 Å². The summed E-state index contributed by atoms with van der Waals surface area (Å²) in [6.45, 7) is 2.51. The monoisotopic (exact) mass is 296 g/mol. The number of hydrogen-bond acceptors (Lipinski definition) is 5. The molecule has 0 saturated heterocycles. The lowest BCUT2D eigenvalue weighted by atomic mass is 10.2. The van der Waals surface area contributed by atoms with Gasteiger partial charge in [-0.05, 0) is 12.1 Å². The molecule has 0 spiro atoms. The van der Waals surface area contributed by atoms with E-state index in [2.05, 4.69) is 15.3 Å². The van der Waals surface area contributed by atoms with Crippen LogP contribution in [0.4, 0.5) is 5.82 Å². The standard InChI is InChI=1S/C12H13ClN4OS/c1-7(12-15-2-3-19-12)6-16-11(18)8-4-9(13)17-10(14)5-8/h2-5,7H,6H2,1H3,(H2,14,17)(H,16,18). The summed E-state index contributed by atoms with van der Waals surface area (Å²) in [5.74, 6) is 0.170. The number of carbonyl (C=O) groups is 1. The number of carbonyl (C=O) groups excluding carboxylic acids is 1. The third-order valence-electron chi connectivity index (χ3n) is 2.52. The Morgan fingerprint density at radius 2 is 2.37 bits per heavy atom. The van der Waals surface area contributed by atoms with E-state index >= 15 is 0 Å². The second-order valence-electron chi connectivity index (χ2n) is 4.08. The van der Waals surface area contributed by atoms with Gasteiger partial charge in [0, 0.05) is 29.6 Å². The van der Waals surface area contributed by atoms with Crippen molar-refractivity contribution in [2.24, 2.45) is 0 Å². The van der Waals surface area contributed by atoms with E-state index < -0.39 is 0 Å². The molecule has 1 atom stereocenters. The van der Waals surface area contributed by atoms with E-state index in [0.717, 1.165) is 5.01 Å². The van der Waals surface area contributed by atoms with Crippen LogP contribution in [0.25, 0.3) is 0 Å². The number of nitrogens with zero attached hydrogens (tertiary/aromatic N) is 2. The average Bonchev–Trinajstić information content (AvgIpc) is 2.88. The minimum Gasteiger partial charge on any atom is -0.384 e. The minimum absolute atomic E-state index is 0.165. The van der Waals surface area contributed by atoms with Crippen LogP contribution in [0.3, 0.4) is 0 Å². The van der Waals surface area contributed by atoms with Gasteiger partial charge < -0.3 is 11.1 Å². The summed E-state index contributed by atoms with van der Waals surface area (Å²) in [5.41, 5.74) is 5.95. The van der Waals surface area contributed by atoms with E-state index in [1.807, 2.05) is 12.3 Å². The maximum absolute atomic E-state index is 12.0. The van der Waals surface area contributed by atoms with Crippen molar-refractivity contribution in [1.82, 2.24) is 15.3 Å². The Balaban J connectivity index is 1.98. The predicted octanol–water partition coefficient (Wildman–Crippen LogP) is 2.31. The van der Waals surface area contributed by atoms with Crippen LogP contribution in [0.15, 0.2) is 23.7 Å². The van der Waals surface area contributed by atoms with Crippen LogP contribution in [0.2, 0.25) is 5.15 Å². The number of pyridine rings is 1. The number of thiazole rings is 1. The predicted molar refractivity (Wildman–Crippen MR) is 76.5 cm³/mol. The fourth-order valence-corrected chi connectivity index (χ4v) is 2.47. The largest absolute Gasteiger partial charge is 0.384 e. The number of anilines is 1. The highest BCUT2D eigenvalue weighted by molar-refractivity contribution is 7.09. The number of nitrogens with two attached hydrogens (primary N) is 1. The second kappa shape index (κ2) is 5.99. The summed E-state index contributed by atoms with van der Waals surface area (Å²) in [6.07, 6.45) is 1.75. The number of hydrogen-bond donors (Lipinski definition) is 2. The second-order valence-corrected chi connectivity index (χ2v) is 5.40. The van der Waals surface area contributed by atoms with E-state index in [-0.39, 0.29) is 22.8 Å². The van der Waals surface area contributed by atoms with Crippen molar-refractivity contribution in [3.05, 3.63) is 39.4 Å². The highest BCUT2D eigenvalue weighted by Gasteiger charge is 2.12. The molecule has 0 radical (unpaired) electrons. The molecule has 3 N–H and O–H groups in total. The zero-order valence-corrected chi connectivity index (χ0v) is 11.8. The average molecular weight is 297 g/mol. The van der Waals surface area contributed by atoms with Gasteiger partial charge in [-0.15, -0.1) is 11.3 Å². The molecule has 2 aromatic heterocycles. The smallest absolute Gasteiger partial charge is 0.251 e. The van der Waals surface area contributed by atoms with Gasteiger partial charge in [0.1, 0.15) is 11.0 Å². The number of nitrogens with one attached hydrogen (secondary N) is 1. The van der Waals surface area contributed by atoms with Gasteiger partial charge in [0.2, 0.25) is 0 Å². The minimum atomic E-state index is -0.223. The van der Waals surface area contributed by atoms with Crippen molar-refractivity contribution >= 4 is 34.7 Å². The topological polar surface area (TPSA) is 80.9 Å². The van der Waals surface area contributed by atoms with E-state index in [1.54, 1.807) is 17.5 Å². The molecule has 0 aliphatic heterocycles. The van der Waals surface area contributed by atoms with E-state index in [4.69, 9.17) is 17.3 Å². The van der Waals surface area contributed by atoms with Gasteiger partial charge in [-0.2, -0.15) is 0 Å². The fraction of sp³-hybridized carbons (Fsp3) is 0.250. The number of halogens is 1. The molecule has 19 heavy (non-hydrogen) atoms. The molecule has 2 heterocycles. The van der Waals surface area contributed by atoms with Crippen molar-refractivity contribution < 1.29 is 4.79 Å². The summed E-state index contributed by atoms with van der Waals surface area (Å²) in [4.78, 5) is 20.0. The Labute approximate surface area is 119 Å². The molecule has 2 rings (SSSR count). The molecular weight excluding hydrogens is 284 g/mol. The summed E-state index contributed by atoms with van der Waals surface area (Å²) >= 11 is 7.33. The third kappa shape index (κ3) is 3.65. The lowest BCUT2D eigenvalue weighted by Crippen LogP contribution is -2.27. The van der Waals surface area contributed by atoms with Gasteiger partial charge in [0.15, 0.2) is 0 Å². The first-order valence-electron chi connectivity index (χ1n) is 5.67. The Kier molecular flexibility index (Phi) is 4.34. The molecule has 7 heteroatoms. The molecule has 1 unspecified atom stereocenters. The van der Waals surface area contributed by atoms with Gasteiger partial charge >= 0.3 is 0 Å². The summed E-state index contributed by atoms with van der Waals surface area (Å²) in [6, 6.07) is 2.98. The Morgan fingerprint density at radius 3 is 3.00 bits per heavy atom. The third-order valence-corrected chi connectivity index (χ3v) is 3.72. The lowest BCUT2D eigenvalue weighted by molar-refractivity contribution is 0.0951. The molecule has 0 fully saturated rings. The first kappa shape index (κ1) is 13.8. The van der Waals surface area contributed by atoms with E-state index in [9.17, 15) is 4.79 Å². The lowest BCUT2D eigenvalue weighted by Gasteiger charge is -2.10. The van der Waals surface area contributed by atoms with Crippen LogP contribution in [-0.2, 0) is 0 Å². The van der Waals surface area contributed by atoms with Gasteiger partial charge in [-0.1, -0.05) is 18.5 Å². The molecule has 0 aliphatic rings. The maximum atomic E-state index is 12.0. The Bertz CT molecular complexity index is 553. The molecule has 5 nitrogen and oxygen atoms in total. The molecule has 0 bridgehead atoms. The van der Waals surface area contributed by atoms with Gasteiger partial charge in [-0.25, -0.2) is 9.97 Å². The highest BCUT2D eigenvalue weighted by Crippen LogP contribution is 2.17. The van der Waals surface area contributed by atoms with Crippen LogP contribution in [0, 0.1) is 0 Å². The first-order chi connectivity index (χ1) is 9.06. The molecule has 1 amide bonds. The zero-order chi connectivity index (χ0) is 13.8. The Morgan fingerprint density at radius 1 is 1.58 bits per heavy atom. The molecule has 0 aliphatic carbocycles. The van der Waals surface area contributed by atoms with Crippen molar-refractivity contribution in [3.63, 3.8) is 0 Å². The van der Waals surface area contributed by atoms with Gasteiger partial charge in [0.05, 0.1) is 5.01 Å². The fourth-order valence-electron chi connectivity index (χ4n) is 1.56. The number of amides is 1. The Hall–Kier alpha value is -1.66. The molecule has 100 valence electrons. The van der Waals surface area contributed by atoms with E-state index in [1.165, 1.54) is 12.1 Å². The molecule has 0 saturated carbocycles. The molecule has 2 aromatic rings. The van der Waals surface area contributed by atoms with Gasteiger partial charge in [0.25, 0.3) is 5.91 Å². The quantitative estimate of drug-likeness (QED) is 0.848. The highest BCUT2D eigenvalue weighted by atomic mass is 35.5. The zero-order valence-electron chi connectivity index (χ0n) is 10.3. The maximum Gasteiger partial charge on any atom is 0.251 e. The summed E-state index contributed by atoms with van der Waals surface area (Å²) in [7, 11) is 0. The molecule has 0 aromatic carbocycles. The van der Waals surface area contributed by atoms with E-state index in [0.29, 0.717) is 12.1 Å². The van der Waals surface area contributed by atoms with Crippen molar-refractivity contribution in [1.29, 1.82) is 0 Å². The van der Waals surface area contributed by atoms with Crippen LogP contribution < -0.4 is 11.1 Å². The normalized spacial score (nSPS) is 12.1. The van der Waals surface area contributed by atoms with Crippen molar-refractivity contribution in [2.75, 3.05) is 12.3 Å². The van der Waals surface area contributed by atoms with Gasteiger partial charge in [-0.3, -0.25) is 4.79 Å². The summed E-state index contributed by atoms with van der Waals surface area (Å²) < 4.78 is 0.